The number of hydrogen-bond acceptors (Lipinski definition) is 6. The van der Waals surface area contributed by atoms with E-state index in [-0.39, 0.29) is 17.4 Å². The average molecular weight is 298 g/mol. The summed E-state index contributed by atoms with van der Waals surface area (Å²) in [6.45, 7) is 6.07. The van der Waals surface area contributed by atoms with Crippen LogP contribution in [-0.4, -0.2) is 42.5 Å². The van der Waals surface area contributed by atoms with Crippen molar-refractivity contribution in [1.82, 2.24) is 9.97 Å². The molecule has 1 aliphatic heterocycles. The Morgan fingerprint density at radius 1 is 1.30 bits per heavy atom. The third kappa shape index (κ3) is 3.03. The maximum absolute atomic E-state index is 11.7. The lowest BCUT2D eigenvalue weighted by Crippen LogP contribution is -2.36. The van der Waals surface area contributed by atoms with Crippen LogP contribution in [-0.2, 0) is 9.84 Å². The molecule has 0 aliphatic carbocycles. The fourth-order valence-corrected chi connectivity index (χ4v) is 4.73. The largest absolute Gasteiger partial charge is 0.373 e. The Bertz CT molecular complexity index is 600. The van der Waals surface area contributed by atoms with E-state index in [2.05, 4.69) is 34.4 Å². The molecule has 1 aliphatic rings. The molecule has 1 saturated heterocycles. The average Bonchev–Trinajstić information content (AvgIpc) is 2.62. The van der Waals surface area contributed by atoms with Crippen molar-refractivity contribution in [3.05, 3.63) is 11.9 Å². The first-order chi connectivity index (χ1) is 9.26. The standard InChI is InChI=1S/C13H22N4O2S/c1-9(2)10-11(14-4)15-8-16-12(10)17-13(3)5-6-20(18,19)7-13/h8-9H,5-7H2,1-4H3,(H2,14,15,16,17). The predicted molar refractivity (Wildman–Crippen MR) is 81.0 cm³/mol. The molecule has 2 heterocycles. The first-order valence-corrected chi connectivity index (χ1v) is 8.60. The van der Waals surface area contributed by atoms with E-state index in [1.54, 1.807) is 0 Å². The van der Waals surface area contributed by atoms with Gasteiger partial charge in [0.15, 0.2) is 9.84 Å². The highest BCUT2D eigenvalue weighted by molar-refractivity contribution is 7.91. The summed E-state index contributed by atoms with van der Waals surface area (Å²) in [5, 5.41) is 6.39. The molecule has 2 N–H and O–H groups in total. The van der Waals surface area contributed by atoms with Crippen LogP contribution in [0.5, 0.6) is 0 Å². The van der Waals surface area contributed by atoms with E-state index in [1.807, 2.05) is 14.0 Å². The lowest BCUT2D eigenvalue weighted by atomic mass is 9.99. The number of rotatable bonds is 4. The molecule has 0 amide bonds. The molecule has 1 unspecified atom stereocenters. The molecule has 0 saturated carbocycles. The lowest BCUT2D eigenvalue weighted by Gasteiger charge is -2.27. The van der Waals surface area contributed by atoms with Crippen LogP contribution in [0.1, 0.15) is 38.7 Å². The van der Waals surface area contributed by atoms with Crippen molar-refractivity contribution in [2.75, 3.05) is 29.2 Å². The van der Waals surface area contributed by atoms with Gasteiger partial charge in [-0.3, -0.25) is 0 Å². The first kappa shape index (κ1) is 15.0. The predicted octanol–water partition coefficient (Wildman–Crippen LogP) is 1.63. The maximum Gasteiger partial charge on any atom is 0.152 e. The Hall–Kier alpha value is -1.37. The molecule has 2 rings (SSSR count). The number of anilines is 2. The summed E-state index contributed by atoms with van der Waals surface area (Å²) in [6, 6.07) is 0. The minimum Gasteiger partial charge on any atom is -0.373 e. The van der Waals surface area contributed by atoms with Gasteiger partial charge in [-0.2, -0.15) is 0 Å². The number of nitrogens with one attached hydrogen (secondary N) is 2. The van der Waals surface area contributed by atoms with Gasteiger partial charge in [-0.25, -0.2) is 18.4 Å². The van der Waals surface area contributed by atoms with Crippen LogP contribution in [0.25, 0.3) is 0 Å². The molecule has 112 valence electrons. The summed E-state index contributed by atoms with van der Waals surface area (Å²) in [4.78, 5) is 8.53. The van der Waals surface area contributed by atoms with Crippen molar-refractivity contribution in [2.24, 2.45) is 0 Å². The zero-order chi connectivity index (χ0) is 15.0. The third-order valence-electron chi connectivity index (χ3n) is 3.62. The highest BCUT2D eigenvalue weighted by atomic mass is 32.2. The van der Waals surface area contributed by atoms with Crippen LogP contribution in [0, 0.1) is 0 Å². The van der Waals surface area contributed by atoms with E-state index in [0.717, 1.165) is 17.2 Å². The Kier molecular flexibility index (Phi) is 3.90. The van der Waals surface area contributed by atoms with Gasteiger partial charge in [0.25, 0.3) is 0 Å². The first-order valence-electron chi connectivity index (χ1n) is 6.77. The molecule has 6 nitrogen and oxygen atoms in total. The molecule has 0 bridgehead atoms. The fourth-order valence-electron chi connectivity index (χ4n) is 2.64. The van der Waals surface area contributed by atoms with Crippen molar-refractivity contribution >= 4 is 21.5 Å². The molecule has 1 aromatic rings. The summed E-state index contributed by atoms with van der Waals surface area (Å²) in [5.74, 6) is 2.12. The van der Waals surface area contributed by atoms with Crippen molar-refractivity contribution in [3.8, 4) is 0 Å². The topological polar surface area (TPSA) is 84.0 Å². The smallest absolute Gasteiger partial charge is 0.152 e. The zero-order valence-electron chi connectivity index (χ0n) is 12.4. The molecular formula is C13H22N4O2S. The van der Waals surface area contributed by atoms with Gasteiger partial charge in [0, 0.05) is 12.6 Å². The molecule has 0 aromatic carbocycles. The molecule has 7 heteroatoms. The van der Waals surface area contributed by atoms with Crippen molar-refractivity contribution < 1.29 is 8.42 Å². The molecule has 0 radical (unpaired) electrons. The second-order valence-electron chi connectivity index (χ2n) is 5.92. The van der Waals surface area contributed by atoms with Crippen molar-refractivity contribution in [1.29, 1.82) is 0 Å². The number of nitrogens with zero attached hydrogens (tertiary/aromatic N) is 2. The summed E-state index contributed by atoms with van der Waals surface area (Å²) >= 11 is 0. The number of aromatic nitrogens is 2. The maximum atomic E-state index is 11.7. The quantitative estimate of drug-likeness (QED) is 0.879. The minimum absolute atomic E-state index is 0.149. The van der Waals surface area contributed by atoms with E-state index in [4.69, 9.17) is 0 Å². The van der Waals surface area contributed by atoms with Crippen LogP contribution >= 0.6 is 0 Å². The van der Waals surface area contributed by atoms with Crippen LogP contribution in [0.15, 0.2) is 6.33 Å². The van der Waals surface area contributed by atoms with Gasteiger partial charge >= 0.3 is 0 Å². The Morgan fingerprint density at radius 2 is 1.95 bits per heavy atom. The summed E-state index contributed by atoms with van der Waals surface area (Å²) < 4.78 is 23.4. The van der Waals surface area contributed by atoms with Gasteiger partial charge in [-0.1, -0.05) is 13.8 Å². The van der Waals surface area contributed by atoms with Gasteiger partial charge < -0.3 is 10.6 Å². The monoisotopic (exact) mass is 298 g/mol. The van der Waals surface area contributed by atoms with E-state index < -0.39 is 15.4 Å². The second-order valence-corrected chi connectivity index (χ2v) is 8.10. The molecular weight excluding hydrogens is 276 g/mol. The van der Waals surface area contributed by atoms with E-state index in [1.165, 1.54) is 6.33 Å². The highest BCUT2D eigenvalue weighted by Crippen LogP contribution is 2.33. The molecule has 1 atom stereocenters. The van der Waals surface area contributed by atoms with Gasteiger partial charge in [0.1, 0.15) is 18.0 Å². The number of hydrogen-bond donors (Lipinski definition) is 2. The molecule has 0 spiro atoms. The van der Waals surface area contributed by atoms with Gasteiger partial charge in [-0.05, 0) is 19.3 Å². The SMILES string of the molecule is CNc1ncnc(NC2(C)CCS(=O)(=O)C2)c1C(C)C. The van der Waals surface area contributed by atoms with E-state index in [0.29, 0.717) is 6.42 Å². The Morgan fingerprint density at radius 3 is 2.45 bits per heavy atom. The third-order valence-corrected chi connectivity index (χ3v) is 5.52. The van der Waals surface area contributed by atoms with Crippen LogP contribution in [0.3, 0.4) is 0 Å². The summed E-state index contributed by atoms with van der Waals surface area (Å²) in [6.07, 6.45) is 2.10. The molecule has 20 heavy (non-hydrogen) atoms. The van der Waals surface area contributed by atoms with Crippen molar-refractivity contribution in [3.63, 3.8) is 0 Å². The van der Waals surface area contributed by atoms with Crippen LogP contribution in [0.2, 0.25) is 0 Å². The number of sulfone groups is 1. The van der Waals surface area contributed by atoms with Gasteiger partial charge in [0.2, 0.25) is 0 Å². The second kappa shape index (κ2) is 5.20. The van der Waals surface area contributed by atoms with Crippen molar-refractivity contribution in [2.45, 2.75) is 38.6 Å². The lowest BCUT2D eigenvalue weighted by molar-refractivity contribution is 0.570. The Labute approximate surface area is 120 Å². The van der Waals surface area contributed by atoms with Crippen LogP contribution < -0.4 is 10.6 Å². The molecule has 1 fully saturated rings. The van der Waals surface area contributed by atoms with Gasteiger partial charge in [-0.15, -0.1) is 0 Å². The van der Waals surface area contributed by atoms with Gasteiger partial charge in [0.05, 0.1) is 17.0 Å². The Balaban J connectivity index is 2.35. The zero-order valence-corrected chi connectivity index (χ0v) is 13.2. The minimum atomic E-state index is -2.94. The molecule has 1 aromatic heterocycles. The normalized spacial score (nSPS) is 24.9. The van der Waals surface area contributed by atoms with E-state index in [9.17, 15) is 8.42 Å². The van der Waals surface area contributed by atoms with E-state index >= 15 is 0 Å². The highest BCUT2D eigenvalue weighted by Gasteiger charge is 2.39. The van der Waals surface area contributed by atoms with Crippen LogP contribution in [0.4, 0.5) is 11.6 Å². The summed E-state index contributed by atoms with van der Waals surface area (Å²) in [5.41, 5.74) is 0.530. The summed E-state index contributed by atoms with van der Waals surface area (Å²) in [7, 11) is -1.13. The fraction of sp³-hybridized carbons (Fsp3) is 0.692.